The van der Waals surface area contributed by atoms with E-state index in [1.165, 1.54) is 16.4 Å². The van der Waals surface area contributed by atoms with Gasteiger partial charge < -0.3 is 19.7 Å². The fourth-order valence-electron chi connectivity index (χ4n) is 3.66. The van der Waals surface area contributed by atoms with E-state index in [1.807, 2.05) is 5.16 Å². The Morgan fingerprint density at radius 2 is 2.16 bits per heavy atom. The van der Waals surface area contributed by atoms with Gasteiger partial charge in [-0.25, -0.2) is 17.9 Å². The van der Waals surface area contributed by atoms with Crippen LogP contribution in [-0.2, 0) is 41.8 Å². The predicted molar refractivity (Wildman–Crippen MR) is 127 cm³/mol. The number of carboxylic acids is 1. The topological polar surface area (TPSA) is 220 Å². The third-order valence-corrected chi connectivity index (χ3v) is 9.59. The number of carbonyl (C=O) groups is 3. The number of rotatable bonds is 10. The number of methoxy groups -OCH3 is 1. The fraction of sp³-hybridized carbons (Fsp3) is 0.471. The molecule has 0 unspecified atom stereocenters. The van der Waals surface area contributed by atoms with Crippen molar-refractivity contribution in [3.8, 4) is 0 Å². The summed E-state index contributed by atoms with van der Waals surface area (Å²) in [5.41, 5.74) is -2.64. The van der Waals surface area contributed by atoms with Crippen molar-refractivity contribution in [2.24, 2.45) is 7.05 Å². The number of amides is 2. The number of carbonyl (C=O) groups excluding carboxylic acids is 2. The van der Waals surface area contributed by atoms with Crippen LogP contribution in [0.25, 0.3) is 0 Å². The number of nitrogens with one attached hydrogen (secondary N) is 2. The maximum atomic E-state index is 13.1. The van der Waals surface area contributed by atoms with Crippen molar-refractivity contribution >= 4 is 62.7 Å². The van der Waals surface area contributed by atoms with Crippen LogP contribution in [0.3, 0.4) is 0 Å². The van der Waals surface area contributed by atoms with Gasteiger partial charge >= 0.3 is 5.97 Å². The number of aromatic nitrogens is 5. The SMILES string of the molecule is CO[C@@]1(NC(=O)CS(=O)(=O)Cc2o[nH]c(=O)c2Cl)C(=O)N2C(C(=O)O)=C(CSc3nnnn3C)CS[C@@H]21. The molecule has 1 saturated heterocycles. The first-order chi connectivity index (χ1) is 17.4. The summed E-state index contributed by atoms with van der Waals surface area (Å²) in [6, 6.07) is 0. The number of fused-ring (bicyclic) bond motifs is 1. The molecule has 2 amide bonds. The van der Waals surface area contributed by atoms with Crippen LogP contribution in [0.2, 0.25) is 5.02 Å². The van der Waals surface area contributed by atoms with Crippen LogP contribution in [0.1, 0.15) is 5.76 Å². The zero-order valence-corrected chi connectivity index (χ0v) is 22.2. The van der Waals surface area contributed by atoms with Gasteiger partial charge in [-0.3, -0.25) is 19.3 Å². The molecule has 2 aromatic rings. The Kier molecular flexibility index (Phi) is 7.43. The molecule has 4 rings (SSSR count). The Morgan fingerprint density at radius 1 is 1.43 bits per heavy atom. The molecule has 2 aliphatic heterocycles. The molecule has 0 aromatic carbocycles. The molecular formula is C17H18ClN7O9S3. The maximum absolute atomic E-state index is 13.1. The number of thioether (sulfide) groups is 2. The van der Waals surface area contributed by atoms with Gasteiger partial charge in [-0.2, -0.15) is 5.16 Å². The van der Waals surface area contributed by atoms with Crippen LogP contribution >= 0.6 is 35.1 Å². The summed E-state index contributed by atoms with van der Waals surface area (Å²) in [5.74, 6) is -5.24. The molecule has 16 nitrogen and oxygen atoms in total. The van der Waals surface area contributed by atoms with Crippen molar-refractivity contribution in [2.45, 2.75) is 22.0 Å². The molecule has 1 fully saturated rings. The molecule has 37 heavy (non-hydrogen) atoms. The van der Waals surface area contributed by atoms with E-state index in [0.29, 0.717) is 10.7 Å². The minimum absolute atomic E-state index is 0.179. The highest BCUT2D eigenvalue weighted by atomic mass is 35.5. The number of hydrogen-bond acceptors (Lipinski definition) is 13. The van der Waals surface area contributed by atoms with E-state index in [2.05, 4.69) is 20.8 Å². The summed E-state index contributed by atoms with van der Waals surface area (Å²) < 4.78 is 36.3. The first-order valence-corrected chi connectivity index (χ1v) is 14.3. The van der Waals surface area contributed by atoms with E-state index < -0.39 is 60.8 Å². The Labute approximate surface area is 221 Å². The lowest BCUT2D eigenvalue weighted by Gasteiger charge is -2.55. The molecule has 3 N–H and O–H groups in total. The van der Waals surface area contributed by atoms with Gasteiger partial charge in [0, 0.05) is 25.7 Å². The van der Waals surface area contributed by atoms with Crippen molar-refractivity contribution in [2.75, 3.05) is 24.4 Å². The normalized spacial score (nSPS) is 21.5. The van der Waals surface area contributed by atoms with Crippen molar-refractivity contribution in [3.05, 3.63) is 32.4 Å². The molecule has 0 saturated carbocycles. The van der Waals surface area contributed by atoms with E-state index in [0.717, 1.165) is 23.8 Å². The predicted octanol–water partition coefficient (Wildman–Crippen LogP) is -1.44. The minimum Gasteiger partial charge on any atom is -0.477 e. The zero-order chi connectivity index (χ0) is 27.1. The zero-order valence-electron chi connectivity index (χ0n) is 19.0. The Hall–Kier alpha value is -2.87. The number of H-pyrrole nitrogens is 1. The van der Waals surface area contributed by atoms with Crippen LogP contribution in [0, 0.1) is 0 Å². The highest BCUT2D eigenvalue weighted by Crippen LogP contribution is 2.47. The molecule has 2 aliphatic rings. The standard InChI is InChI=1S/C17H18ClN7O9S3/c1-24-16(20-22-23-24)36-4-7-3-35-15-17(33-2,14(30)25(15)11(7)13(28)29)19-9(26)6-37(31,32)5-8-10(18)12(27)21-34-8/h15H,3-6H2,1-2H3,(H,19,26)(H,21,27)(H,28,29)/t15-,17+/m1/s1. The summed E-state index contributed by atoms with van der Waals surface area (Å²) >= 11 is 8.00. The molecule has 4 heterocycles. The number of aryl methyl sites for hydroxylation is 1. The number of hydrogen-bond donors (Lipinski definition) is 3. The van der Waals surface area contributed by atoms with Gasteiger partial charge in [-0.05, 0) is 16.0 Å². The number of tetrazole rings is 1. The number of β-lactam (4-membered cyclic amide) rings is 1. The highest BCUT2D eigenvalue weighted by molar-refractivity contribution is 8.01. The maximum Gasteiger partial charge on any atom is 0.352 e. The van der Waals surface area contributed by atoms with Gasteiger partial charge in [0.1, 0.15) is 22.6 Å². The number of sulfone groups is 1. The second-order valence-corrected chi connectivity index (χ2v) is 12.2. The lowest BCUT2D eigenvalue weighted by molar-refractivity contribution is -0.192. The highest BCUT2D eigenvalue weighted by Gasteiger charge is 2.66. The van der Waals surface area contributed by atoms with Crippen LogP contribution in [0.15, 0.2) is 25.7 Å². The van der Waals surface area contributed by atoms with E-state index in [1.54, 1.807) is 7.05 Å². The number of ether oxygens (including phenoxy) is 1. The molecule has 0 spiro atoms. The number of carboxylic acid groups (broad SMARTS) is 1. The number of nitrogens with zero attached hydrogens (tertiary/aromatic N) is 5. The van der Waals surface area contributed by atoms with Gasteiger partial charge in [-0.15, -0.1) is 16.9 Å². The van der Waals surface area contributed by atoms with Crippen molar-refractivity contribution < 1.29 is 37.2 Å². The lowest BCUT2D eigenvalue weighted by atomic mass is 9.98. The number of halogens is 1. The quantitative estimate of drug-likeness (QED) is 0.163. The van der Waals surface area contributed by atoms with Gasteiger partial charge in [0.25, 0.3) is 17.2 Å². The fourth-order valence-corrected chi connectivity index (χ4v) is 7.49. The van der Waals surface area contributed by atoms with Crippen molar-refractivity contribution in [3.63, 3.8) is 0 Å². The molecular weight excluding hydrogens is 578 g/mol. The molecule has 2 atom stereocenters. The molecule has 0 bridgehead atoms. The summed E-state index contributed by atoms with van der Waals surface area (Å²) in [7, 11) is -1.42. The second-order valence-electron chi connectivity index (χ2n) is 7.76. The Morgan fingerprint density at radius 3 is 2.73 bits per heavy atom. The third kappa shape index (κ3) is 5.00. The van der Waals surface area contributed by atoms with Crippen LogP contribution in [-0.4, -0.2) is 97.0 Å². The Bertz CT molecular complexity index is 1470. The van der Waals surface area contributed by atoms with Gasteiger partial charge in [0.15, 0.2) is 20.6 Å². The van der Waals surface area contributed by atoms with Crippen LogP contribution in [0.5, 0.6) is 0 Å². The summed E-state index contributed by atoms with van der Waals surface area (Å²) in [4.78, 5) is 50.2. The van der Waals surface area contributed by atoms with E-state index >= 15 is 0 Å². The van der Waals surface area contributed by atoms with E-state index in [-0.39, 0.29) is 23.0 Å². The summed E-state index contributed by atoms with van der Waals surface area (Å²) in [6.45, 7) is 0. The first kappa shape index (κ1) is 27.2. The number of aromatic amines is 1. The Balaban J connectivity index is 1.49. The summed E-state index contributed by atoms with van der Waals surface area (Å²) in [5, 5.41) is 24.1. The van der Waals surface area contributed by atoms with Crippen LogP contribution in [0.4, 0.5) is 0 Å². The van der Waals surface area contributed by atoms with Gasteiger partial charge in [0.2, 0.25) is 11.1 Å². The largest absolute Gasteiger partial charge is 0.477 e. The molecule has 0 aliphatic carbocycles. The molecule has 0 radical (unpaired) electrons. The minimum atomic E-state index is -4.18. The number of aliphatic carboxylic acids is 1. The molecule has 2 aromatic heterocycles. The smallest absolute Gasteiger partial charge is 0.352 e. The molecule has 20 heteroatoms. The molecule has 200 valence electrons. The summed E-state index contributed by atoms with van der Waals surface area (Å²) in [6.07, 6.45) is 0. The lowest BCUT2D eigenvalue weighted by Crippen LogP contribution is -2.81. The van der Waals surface area contributed by atoms with E-state index in [9.17, 15) is 32.7 Å². The van der Waals surface area contributed by atoms with Crippen molar-refractivity contribution in [1.29, 1.82) is 0 Å². The first-order valence-electron chi connectivity index (χ1n) is 10.1. The average Bonchev–Trinajstić information content (AvgIpc) is 3.39. The van der Waals surface area contributed by atoms with Gasteiger partial charge in [-0.1, -0.05) is 23.4 Å². The van der Waals surface area contributed by atoms with Crippen molar-refractivity contribution in [1.82, 2.24) is 35.6 Å². The second kappa shape index (κ2) is 10.1. The third-order valence-electron chi connectivity index (χ3n) is 5.33. The van der Waals surface area contributed by atoms with Crippen LogP contribution < -0.4 is 10.9 Å². The van der Waals surface area contributed by atoms with E-state index in [4.69, 9.17) is 20.9 Å². The van der Waals surface area contributed by atoms with Gasteiger partial charge in [0.05, 0.1) is 0 Å². The monoisotopic (exact) mass is 595 g/mol. The average molecular weight is 596 g/mol.